The van der Waals surface area contributed by atoms with Crippen molar-refractivity contribution in [3.8, 4) is 0 Å². The van der Waals surface area contributed by atoms with Crippen LogP contribution >= 0.6 is 11.8 Å². The van der Waals surface area contributed by atoms with Gasteiger partial charge in [-0.1, -0.05) is 25.5 Å². The van der Waals surface area contributed by atoms with Crippen LogP contribution in [-0.4, -0.2) is 81.1 Å². The number of allylic oxidation sites excluding steroid dienone is 1. The number of esters is 1. The number of aliphatic hydroxyl groups is 1. The van der Waals surface area contributed by atoms with Crippen molar-refractivity contribution in [1.29, 1.82) is 0 Å². The average molecular weight is 521 g/mol. The first-order chi connectivity index (χ1) is 17.4. The van der Waals surface area contributed by atoms with Crippen LogP contribution in [0.25, 0.3) is 0 Å². The standard InChI is InChI=1S/C28H44N2O5S/c1-5-8-12-19-35-27(34)22-21-14-15-28(36-21)23(22)25(32)30(17-10-9-11-18-31)24(28)26(33)29(16-7-3)20(4)13-6-2/h5,7,20-24,31H,1,3,6,8-19H2,2,4H3/t20?,21-,22+,23+,24?,28?/m1/s1. The molecule has 1 spiro atoms. The third-order valence-corrected chi connectivity index (χ3v) is 9.96. The summed E-state index contributed by atoms with van der Waals surface area (Å²) >= 11 is 1.69. The number of thioether (sulfide) groups is 1. The molecule has 36 heavy (non-hydrogen) atoms. The van der Waals surface area contributed by atoms with E-state index in [0.29, 0.717) is 32.5 Å². The molecule has 3 aliphatic heterocycles. The summed E-state index contributed by atoms with van der Waals surface area (Å²) < 4.78 is 5.04. The second kappa shape index (κ2) is 13.1. The summed E-state index contributed by atoms with van der Waals surface area (Å²) in [7, 11) is 0. The molecule has 0 saturated carbocycles. The summed E-state index contributed by atoms with van der Waals surface area (Å²) in [6, 6.07) is -0.548. The van der Waals surface area contributed by atoms with Crippen molar-refractivity contribution >= 4 is 29.5 Å². The van der Waals surface area contributed by atoms with Crippen LogP contribution in [0.1, 0.15) is 71.6 Å². The largest absolute Gasteiger partial charge is 0.465 e. The molecule has 3 heterocycles. The highest BCUT2D eigenvalue weighted by Crippen LogP contribution is 2.66. The zero-order valence-electron chi connectivity index (χ0n) is 22.0. The van der Waals surface area contributed by atoms with Gasteiger partial charge in [0.15, 0.2) is 0 Å². The van der Waals surface area contributed by atoms with Gasteiger partial charge in [0.1, 0.15) is 6.04 Å². The minimum atomic E-state index is -0.591. The van der Waals surface area contributed by atoms with E-state index >= 15 is 0 Å². The first-order valence-corrected chi connectivity index (χ1v) is 14.5. The molecule has 7 nitrogen and oxygen atoms in total. The molecule has 0 aliphatic carbocycles. The molecule has 0 aromatic heterocycles. The number of amides is 2. The lowest BCUT2D eigenvalue weighted by Gasteiger charge is -2.39. The fraction of sp³-hybridized carbons (Fsp3) is 0.750. The smallest absolute Gasteiger partial charge is 0.310 e. The minimum Gasteiger partial charge on any atom is -0.465 e. The van der Waals surface area contributed by atoms with Crippen molar-refractivity contribution in [2.75, 3.05) is 26.3 Å². The summed E-state index contributed by atoms with van der Waals surface area (Å²) in [5.41, 5.74) is 0. The highest BCUT2D eigenvalue weighted by Gasteiger charge is 2.74. The number of carbonyl (C=O) groups is 3. The normalized spacial score (nSPS) is 29.2. The first kappa shape index (κ1) is 28.8. The Bertz CT molecular complexity index is 820. The second-order valence-corrected chi connectivity index (χ2v) is 12.0. The van der Waals surface area contributed by atoms with Gasteiger partial charge >= 0.3 is 5.97 Å². The molecular formula is C28H44N2O5S. The molecule has 202 valence electrons. The van der Waals surface area contributed by atoms with E-state index in [2.05, 4.69) is 27.0 Å². The maximum atomic E-state index is 14.2. The fourth-order valence-electron chi connectivity index (χ4n) is 6.37. The molecule has 3 saturated heterocycles. The molecule has 2 amide bonds. The highest BCUT2D eigenvalue weighted by molar-refractivity contribution is 8.02. The van der Waals surface area contributed by atoms with E-state index < -0.39 is 22.6 Å². The van der Waals surface area contributed by atoms with E-state index in [4.69, 9.17) is 4.74 Å². The molecule has 0 aromatic rings. The monoisotopic (exact) mass is 520 g/mol. The zero-order chi connectivity index (χ0) is 26.3. The van der Waals surface area contributed by atoms with E-state index in [1.54, 1.807) is 28.8 Å². The van der Waals surface area contributed by atoms with Gasteiger partial charge in [-0.25, -0.2) is 0 Å². The Morgan fingerprint density at radius 1 is 1.28 bits per heavy atom. The second-order valence-electron chi connectivity index (χ2n) is 10.4. The van der Waals surface area contributed by atoms with Crippen LogP contribution in [0.4, 0.5) is 0 Å². The zero-order valence-corrected chi connectivity index (χ0v) is 22.8. The Balaban J connectivity index is 1.91. The Morgan fingerprint density at radius 2 is 2.06 bits per heavy atom. The van der Waals surface area contributed by atoms with Gasteiger partial charge in [-0.15, -0.1) is 24.9 Å². The van der Waals surface area contributed by atoms with E-state index in [9.17, 15) is 19.5 Å². The first-order valence-electron chi connectivity index (χ1n) is 13.7. The van der Waals surface area contributed by atoms with Crippen molar-refractivity contribution in [2.24, 2.45) is 11.8 Å². The summed E-state index contributed by atoms with van der Waals surface area (Å²) in [4.78, 5) is 45.1. The van der Waals surface area contributed by atoms with E-state index in [-0.39, 0.29) is 35.7 Å². The van der Waals surface area contributed by atoms with Crippen LogP contribution in [0.3, 0.4) is 0 Å². The molecule has 3 fully saturated rings. The molecule has 3 rings (SSSR count). The lowest BCUT2D eigenvalue weighted by molar-refractivity contribution is -0.154. The maximum absolute atomic E-state index is 14.2. The number of carbonyl (C=O) groups excluding carboxylic acids is 3. The predicted molar refractivity (Wildman–Crippen MR) is 143 cm³/mol. The van der Waals surface area contributed by atoms with Gasteiger partial charge in [0.2, 0.25) is 11.8 Å². The Hall–Kier alpha value is -1.80. The third kappa shape index (κ3) is 5.54. The topological polar surface area (TPSA) is 87.1 Å². The molecule has 2 bridgehead atoms. The number of rotatable bonds is 16. The third-order valence-electron chi connectivity index (χ3n) is 8.01. The molecule has 1 N–H and O–H groups in total. The van der Waals surface area contributed by atoms with Gasteiger partial charge in [-0.05, 0) is 58.3 Å². The average Bonchev–Trinajstić information content (AvgIpc) is 3.50. The van der Waals surface area contributed by atoms with Crippen LogP contribution in [-0.2, 0) is 19.1 Å². The number of aliphatic hydroxyl groups excluding tert-OH is 1. The molecule has 6 atom stereocenters. The van der Waals surface area contributed by atoms with Gasteiger partial charge in [0, 0.05) is 31.0 Å². The minimum absolute atomic E-state index is 0.0126. The van der Waals surface area contributed by atoms with Gasteiger partial charge in [0.05, 0.1) is 23.2 Å². The number of unbranched alkanes of at least 4 members (excludes halogenated alkanes) is 3. The highest BCUT2D eigenvalue weighted by atomic mass is 32.2. The number of ether oxygens (including phenoxy) is 1. The Morgan fingerprint density at radius 3 is 2.72 bits per heavy atom. The molecular weight excluding hydrogens is 476 g/mol. The van der Waals surface area contributed by atoms with E-state index in [0.717, 1.165) is 44.9 Å². The van der Waals surface area contributed by atoms with Gasteiger partial charge in [-0.2, -0.15) is 0 Å². The molecule has 0 radical (unpaired) electrons. The number of fused-ring (bicyclic) bond motifs is 1. The number of hydrogen-bond acceptors (Lipinski definition) is 6. The Kier molecular flexibility index (Phi) is 10.5. The maximum Gasteiger partial charge on any atom is 0.310 e. The van der Waals surface area contributed by atoms with Gasteiger partial charge in [-0.3, -0.25) is 14.4 Å². The predicted octanol–water partition coefficient (Wildman–Crippen LogP) is 3.95. The van der Waals surface area contributed by atoms with Crippen LogP contribution in [0.15, 0.2) is 25.3 Å². The van der Waals surface area contributed by atoms with E-state index in [1.165, 1.54) is 0 Å². The number of nitrogens with zero attached hydrogens (tertiary/aromatic N) is 2. The van der Waals surface area contributed by atoms with E-state index in [1.807, 2.05) is 4.90 Å². The van der Waals surface area contributed by atoms with Gasteiger partial charge in [0.25, 0.3) is 0 Å². The summed E-state index contributed by atoms with van der Waals surface area (Å²) in [5, 5.41) is 9.21. The molecule has 0 aromatic carbocycles. The lowest BCUT2D eigenvalue weighted by Crippen LogP contribution is -2.56. The van der Waals surface area contributed by atoms with Gasteiger partial charge < -0.3 is 19.6 Å². The molecule has 3 aliphatic rings. The van der Waals surface area contributed by atoms with Crippen LogP contribution in [0.2, 0.25) is 0 Å². The SMILES string of the molecule is C=CCCCOC(=O)[C@@H]1[C@H]2C(=O)N(CCCCCO)C(C(=O)N(CC=C)C(C)CCC)C23CC[C@H]1S3. The van der Waals surface area contributed by atoms with Crippen molar-refractivity contribution in [3.05, 3.63) is 25.3 Å². The van der Waals surface area contributed by atoms with Crippen molar-refractivity contribution in [2.45, 2.75) is 93.7 Å². The lowest BCUT2D eigenvalue weighted by atomic mass is 9.71. The summed E-state index contributed by atoms with van der Waals surface area (Å²) in [5.74, 6) is -1.43. The van der Waals surface area contributed by atoms with Crippen LogP contribution < -0.4 is 0 Å². The summed E-state index contributed by atoms with van der Waals surface area (Å²) in [6.07, 6.45) is 10.6. The molecule has 3 unspecified atom stereocenters. The fourth-order valence-corrected chi connectivity index (χ4v) is 8.57. The number of likely N-dealkylation sites (tertiary alicyclic amines) is 1. The number of hydrogen-bond donors (Lipinski definition) is 1. The van der Waals surface area contributed by atoms with Crippen LogP contribution in [0, 0.1) is 11.8 Å². The summed E-state index contributed by atoms with van der Waals surface area (Å²) in [6.45, 7) is 13.1. The Labute approximate surface area is 220 Å². The van der Waals surface area contributed by atoms with Crippen molar-refractivity contribution in [3.63, 3.8) is 0 Å². The van der Waals surface area contributed by atoms with Crippen molar-refractivity contribution < 1.29 is 24.2 Å². The quantitative estimate of drug-likeness (QED) is 0.188. The van der Waals surface area contributed by atoms with Crippen LogP contribution in [0.5, 0.6) is 0 Å². The van der Waals surface area contributed by atoms with Crippen molar-refractivity contribution in [1.82, 2.24) is 9.80 Å². The molecule has 8 heteroatoms.